The molecule has 10 rings (SSSR count). The number of benzene rings is 8. The highest BCUT2D eigenvalue weighted by Gasteiger charge is 2.16. The Morgan fingerprint density at radius 3 is 0.841 bits per heavy atom. The molecule has 0 aliphatic rings. The van der Waals surface area contributed by atoms with E-state index in [9.17, 15) is 0 Å². The lowest BCUT2D eigenvalue weighted by atomic mass is 9.93. The first kappa shape index (κ1) is 23.7. The van der Waals surface area contributed by atoms with Crippen molar-refractivity contribution in [1.82, 2.24) is 9.13 Å². The molecule has 0 radical (unpaired) electrons. The molecule has 2 heterocycles. The van der Waals surface area contributed by atoms with Gasteiger partial charge in [0, 0.05) is 32.9 Å². The van der Waals surface area contributed by atoms with E-state index in [2.05, 4.69) is 167 Å². The molecule has 0 atom stereocenters. The first-order valence-corrected chi connectivity index (χ1v) is 15.2. The molecule has 0 saturated heterocycles. The molecule has 10 aromatic rings. The predicted molar refractivity (Wildman–Crippen MR) is 188 cm³/mol. The van der Waals surface area contributed by atoms with Crippen LogP contribution >= 0.6 is 0 Å². The molecule has 0 spiro atoms. The van der Waals surface area contributed by atoms with Gasteiger partial charge in [0.1, 0.15) is 0 Å². The van der Waals surface area contributed by atoms with Gasteiger partial charge in [-0.15, -0.1) is 0 Å². The fraction of sp³-hybridized carbons (Fsp3) is 0. The minimum Gasteiger partial charge on any atom is -0.309 e. The van der Waals surface area contributed by atoms with Gasteiger partial charge < -0.3 is 9.13 Å². The molecule has 2 aromatic heterocycles. The van der Waals surface area contributed by atoms with Crippen molar-refractivity contribution in [2.75, 3.05) is 0 Å². The maximum atomic E-state index is 2.42. The van der Waals surface area contributed by atoms with Crippen LogP contribution in [-0.4, -0.2) is 9.13 Å². The molecule has 0 aliphatic carbocycles. The molecule has 0 unspecified atom stereocenters. The van der Waals surface area contributed by atoms with E-state index in [1.165, 1.54) is 87.3 Å². The summed E-state index contributed by atoms with van der Waals surface area (Å²) in [5, 5.41) is 12.8. The Morgan fingerprint density at radius 1 is 0.227 bits per heavy atom. The molecular weight excluding hydrogens is 532 g/mol. The van der Waals surface area contributed by atoms with E-state index in [1.54, 1.807) is 0 Å². The molecule has 8 aromatic carbocycles. The van der Waals surface area contributed by atoms with E-state index in [-0.39, 0.29) is 0 Å². The van der Waals surface area contributed by atoms with Gasteiger partial charge >= 0.3 is 0 Å². The number of hydrogen-bond acceptors (Lipinski definition) is 0. The lowest BCUT2D eigenvalue weighted by Crippen LogP contribution is -1.96. The number of para-hydroxylation sites is 4. The van der Waals surface area contributed by atoms with Crippen molar-refractivity contribution >= 4 is 75.9 Å². The van der Waals surface area contributed by atoms with Crippen molar-refractivity contribution in [3.63, 3.8) is 0 Å². The summed E-state index contributed by atoms with van der Waals surface area (Å²) < 4.78 is 4.84. The zero-order valence-electron chi connectivity index (χ0n) is 23.9. The molecule has 0 aliphatic heterocycles. The van der Waals surface area contributed by atoms with Crippen molar-refractivity contribution < 1.29 is 0 Å². The second-order valence-electron chi connectivity index (χ2n) is 11.7. The fourth-order valence-electron chi connectivity index (χ4n) is 7.61. The first-order valence-electron chi connectivity index (χ1n) is 15.2. The number of hydrogen-bond donors (Lipinski definition) is 0. The van der Waals surface area contributed by atoms with Crippen LogP contribution < -0.4 is 0 Å². The van der Waals surface area contributed by atoms with Crippen LogP contribution in [0.5, 0.6) is 0 Å². The lowest BCUT2D eigenvalue weighted by Gasteiger charge is -2.15. The summed E-state index contributed by atoms with van der Waals surface area (Å²) in [6, 6.07) is 57.8. The van der Waals surface area contributed by atoms with Gasteiger partial charge in [-0.1, -0.05) is 109 Å². The van der Waals surface area contributed by atoms with E-state index < -0.39 is 0 Å². The summed E-state index contributed by atoms with van der Waals surface area (Å²) in [7, 11) is 0. The predicted octanol–water partition coefficient (Wildman–Crippen LogP) is 11.3. The smallest absolute Gasteiger partial charge is 0.0541 e. The Labute approximate surface area is 253 Å². The van der Waals surface area contributed by atoms with E-state index >= 15 is 0 Å². The number of nitrogens with zero attached hydrogens (tertiary/aromatic N) is 2. The second-order valence-corrected chi connectivity index (χ2v) is 11.7. The third-order valence-corrected chi connectivity index (χ3v) is 9.48. The van der Waals surface area contributed by atoms with E-state index in [0.717, 1.165) is 0 Å². The normalized spacial score (nSPS) is 12.1. The molecule has 2 nitrogen and oxygen atoms in total. The van der Waals surface area contributed by atoms with Crippen molar-refractivity contribution in [2.24, 2.45) is 0 Å². The number of rotatable bonds is 2. The largest absolute Gasteiger partial charge is 0.309 e. The van der Waals surface area contributed by atoms with E-state index in [1.807, 2.05) is 0 Å². The van der Waals surface area contributed by atoms with Gasteiger partial charge in [-0.25, -0.2) is 0 Å². The number of fused-ring (bicyclic) bond motifs is 12. The van der Waals surface area contributed by atoms with Crippen LogP contribution in [0.3, 0.4) is 0 Å². The van der Waals surface area contributed by atoms with Crippen LogP contribution in [0.25, 0.3) is 87.3 Å². The molecule has 0 N–H and O–H groups in total. The minimum atomic E-state index is 1.17. The first-order chi connectivity index (χ1) is 21.8. The summed E-state index contributed by atoms with van der Waals surface area (Å²) in [4.78, 5) is 0. The third kappa shape index (κ3) is 3.14. The van der Waals surface area contributed by atoms with Gasteiger partial charge in [-0.05, 0) is 80.8 Å². The van der Waals surface area contributed by atoms with Crippen molar-refractivity contribution in [3.05, 3.63) is 158 Å². The third-order valence-electron chi connectivity index (χ3n) is 9.48. The Morgan fingerprint density at radius 2 is 0.500 bits per heavy atom. The zero-order valence-corrected chi connectivity index (χ0v) is 23.9. The average Bonchev–Trinajstić information content (AvgIpc) is 3.61. The average molecular weight is 559 g/mol. The quantitative estimate of drug-likeness (QED) is 0.187. The van der Waals surface area contributed by atoms with Gasteiger partial charge in [0.2, 0.25) is 0 Å². The maximum Gasteiger partial charge on any atom is 0.0541 e. The molecule has 204 valence electrons. The van der Waals surface area contributed by atoms with Crippen molar-refractivity contribution in [2.45, 2.75) is 0 Å². The summed E-state index contributed by atoms with van der Waals surface area (Å²) in [5.74, 6) is 0. The molecule has 0 bridgehead atoms. The highest BCUT2D eigenvalue weighted by atomic mass is 15.0. The van der Waals surface area contributed by atoms with Crippen LogP contribution in [0.2, 0.25) is 0 Å². The van der Waals surface area contributed by atoms with Gasteiger partial charge in [0.05, 0.1) is 22.1 Å². The summed E-state index contributed by atoms with van der Waals surface area (Å²) in [6.45, 7) is 0. The minimum absolute atomic E-state index is 1.17. The zero-order chi connectivity index (χ0) is 28.8. The monoisotopic (exact) mass is 558 g/mol. The SMILES string of the molecule is c1ccc2c(c1)c1ccc(-n3c4ccccc4c4ccccc43)cc1c1cc(-n3c4ccccc4c4ccccc43)ccc21. The Bertz CT molecular complexity index is 2480. The highest BCUT2D eigenvalue weighted by molar-refractivity contribution is 6.26. The van der Waals surface area contributed by atoms with E-state index in [0.29, 0.717) is 0 Å². The molecular formula is C42H26N2. The standard InChI is InChI=1S/C42H26N2/c1-2-12-30-29(11-1)31-23-21-27(43-39-17-7-3-13-33(39)34-14-4-8-18-40(34)43)25-37(31)38-26-28(22-24-32(30)38)44-41-19-9-5-15-35(41)36-16-6-10-20-42(36)44/h1-26H. The lowest BCUT2D eigenvalue weighted by molar-refractivity contribution is 1.18. The fourth-order valence-corrected chi connectivity index (χ4v) is 7.61. The Hall–Kier alpha value is -5.86. The van der Waals surface area contributed by atoms with E-state index in [4.69, 9.17) is 0 Å². The van der Waals surface area contributed by atoms with Crippen LogP contribution in [0.15, 0.2) is 158 Å². The van der Waals surface area contributed by atoms with Gasteiger partial charge in [-0.2, -0.15) is 0 Å². The second kappa shape index (κ2) is 8.82. The van der Waals surface area contributed by atoms with Crippen LogP contribution in [-0.2, 0) is 0 Å². The Balaban J connectivity index is 1.33. The van der Waals surface area contributed by atoms with Crippen molar-refractivity contribution in [1.29, 1.82) is 0 Å². The van der Waals surface area contributed by atoms with Crippen LogP contribution in [0, 0.1) is 0 Å². The molecule has 0 amide bonds. The maximum absolute atomic E-state index is 2.42. The molecule has 44 heavy (non-hydrogen) atoms. The van der Waals surface area contributed by atoms with Crippen LogP contribution in [0.1, 0.15) is 0 Å². The van der Waals surface area contributed by atoms with Gasteiger partial charge in [0.15, 0.2) is 0 Å². The van der Waals surface area contributed by atoms with Crippen molar-refractivity contribution in [3.8, 4) is 11.4 Å². The van der Waals surface area contributed by atoms with Crippen LogP contribution in [0.4, 0.5) is 0 Å². The van der Waals surface area contributed by atoms with Gasteiger partial charge in [-0.3, -0.25) is 0 Å². The van der Waals surface area contributed by atoms with Gasteiger partial charge in [0.25, 0.3) is 0 Å². The Kier molecular flexibility index (Phi) is 4.75. The highest BCUT2D eigenvalue weighted by Crippen LogP contribution is 2.40. The molecule has 0 saturated carbocycles. The summed E-state index contributed by atoms with van der Waals surface area (Å²) in [5.41, 5.74) is 7.25. The summed E-state index contributed by atoms with van der Waals surface area (Å²) in [6.07, 6.45) is 0. The summed E-state index contributed by atoms with van der Waals surface area (Å²) >= 11 is 0. The number of aromatic nitrogens is 2. The molecule has 0 fully saturated rings. The topological polar surface area (TPSA) is 9.86 Å². The molecule has 2 heteroatoms.